The van der Waals surface area contributed by atoms with Gasteiger partial charge in [-0.3, -0.25) is 4.40 Å². The number of nitrogens with one attached hydrogen (secondary N) is 2. The molecular weight excluding hydrogens is 399 g/mol. The molecule has 2 atom stereocenters. The molecule has 13 heteroatoms. The minimum atomic E-state index is -4.62. The molecule has 0 bridgehead atoms. The highest BCUT2D eigenvalue weighted by atomic mass is 32.2. The number of aromatic nitrogens is 5. The van der Waals surface area contributed by atoms with Crippen LogP contribution in [0.3, 0.4) is 0 Å². The molecule has 1 saturated heterocycles. The van der Waals surface area contributed by atoms with Gasteiger partial charge < -0.3 is 4.98 Å². The van der Waals surface area contributed by atoms with Gasteiger partial charge in [0.2, 0.25) is 0 Å². The summed E-state index contributed by atoms with van der Waals surface area (Å²) in [7, 11) is -4.26. The SMILES string of the molecule is CC[C@H]1CN(S(=O)(=O)NCC(F)(F)F)C[C@H]1c1nnc2cnc3[nH]ccc3n12. The summed E-state index contributed by atoms with van der Waals surface area (Å²) in [6, 6.07) is 1.82. The Labute approximate surface area is 158 Å². The van der Waals surface area contributed by atoms with Crippen LogP contribution in [0.4, 0.5) is 13.2 Å². The van der Waals surface area contributed by atoms with E-state index in [1.807, 2.05) is 17.4 Å². The van der Waals surface area contributed by atoms with Crippen molar-refractivity contribution in [3.05, 3.63) is 24.3 Å². The molecule has 9 nitrogen and oxygen atoms in total. The van der Waals surface area contributed by atoms with Crippen LogP contribution >= 0.6 is 0 Å². The fourth-order valence-corrected chi connectivity index (χ4v) is 4.91. The van der Waals surface area contributed by atoms with Crippen LogP contribution in [0.1, 0.15) is 25.1 Å². The summed E-state index contributed by atoms with van der Waals surface area (Å²) in [6.07, 6.45) is -0.687. The van der Waals surface area contributed by atoms with Crippen LogP contribution in [-0.2, 0) is 10.2 Å². The molecule has 2 N–H and O–H groups in total. The predicted octanol–water partition coefficient (Wildman–Crippen LogP) is 1.43. The normalized spacial score (nSPS) is 21.9. The van der Waals surface area contributed by atoms with E-state index in [0.717, 1.165) is 9.82 Å². The van der Waals surface area contributed by atoms with Crippen molar-refractivity contribution in [2.24, 2.45) is 5.92 Å². The third kappa shape index (κ3) is 3.33. The van der Waals surface area contributed by atoms with Crippen LogP contribution in [0.2, 0.25) is 0 Å². The number of alkyl halides is 3. The molecule has 152 valence electrons. The summed E-state index contributed by atoms with van der Waals surface area (Å²) in [5, 5.41) is 8.37. The van der Waals surface area contributed by atoms with Crippen molar-refractivity contribution in [1.82, 2.24) is 33.6 Å². The Kier molecular flexibility index (Phi) is 4.55. The molecular formula is C15H18F3N7O2S. The number of hydrogen-bond acceptors (Lipinski definition) is 5. The largest absolute Gasteiger partial charge is 0.402 e. The van der Waals surface area contributed by atoms with Crippen LogP contribution in [0.25, 0.3) is 16.8 Å². The fourth-order valence-electron chi connectivity index (χ4n) is 3.64. The quantitative estimate of drug-likeness (QED) is 0.653. The summed E-state index contributed by atoms with van der Waals surface area (Å²) in [5.41, 5.74) is 1.91. The Morgan fingerprint density at radius 1 is 1.32 bits per heavy atom. The van der Waals surface area contributed by atoms with Gasteiger partial charge in [-0.2, -0.15) is 30.6 Å². The highest BCUT2D eigenvalue weighted by molar-refractivity contribution is 7.87. The van der Waals surface area contributed by atoms with E-state index in [9.17, 15) is 21.6 Å². The molecule has 1 aliphatic heterocycles. The molecule has 0 aliphatic carbocycles. The highest BCUT2D eigenvalue weighted by Gasteiger charge is 2.42. The Bertz CT molecular complexity index is 1110. The van der Waals surface area contributed by atoms with E-state index in [4.69, 9.17) is 0 Å². The summed E-state index contributed by atoms with van der Waals surface area (Å²) in [6.45, 7) is 0.454. The number of H-pyrrole nitrogens is 1. The Morgan fingerprint density at radius 3 is 2.82 bits per heavy atom. The molecule has 28 heavy (non-hydrogen) atoms. The zero-order valence-corrected chi connectivity index (χ0v) is 15.6. The Hall–Kier alpha value is -2.25. The molecule has 4 rings (SSSR count). The van der Waals surface area contributed by atoms with E-state index in [1.54, 1.807) is 17.1 Å². The lowest BCUT2D eigenvalue weighted by atomic mass is 9.93. The smallest absolute Gasteiger partial charge is 0.345 e. The average molecular weight is 417 g/mol. The van der Waals surface area contributed by atoms with E-state index < -0.39 is 22.9 Å². The molecule has 4 heterocycles. The molecule has 3 aromatic rings. The van der Waals surface area contributed by atoms with Gasteiger partial charge in [0.05, 0.1) is 11.7 Å². The summed E-state index contributed by atoms with van der Waals surface area (Å²) < 4.78 is 66.5. The summed E-state index contributed by atoms with van der Waals surface area (Å²) in [5.74, 6) is 0.169. The van der Waals surface area contributed by atoms with E-state index in [-0.39, 0.29) is 24.9 Å². The van der Waals surface area contributed by atoms with Crippen molar-refractivity contribution >= 4 is 27.0 Å². The monoisotopic (exact) mass is 417 g/mol. The van der Waals surface area contributed by atoms with Crippen molar-refractivity contribution in [2.75, 3.05) is 19.6 Å². The third-order valence-corrected chi connectivity index (χ3v) is 6.51. The highest BCUT2D eigenvalue weighted by Crippen LogP contribution is 2.35. The number of nitrogens with zero attached hydrogens (tertiary/aromatic N) is 5. The summed E-state index contributed by atoms with van der Waals surface area (Å²) >= 11 is 0. The Morgan fingerprint density at radius 2 is 2.11 bits per heavy atom. The van der Waals surface area contributed by atoms with Gasteiger partial charge >= 0.3 is 6.18 Å². The number of aromatic amines is 1. The fraction of sp³-hybridized carbons (Fsp3) is 0.533. The maximum atomic E-state index is 12.4. The third-order valence-electron chi connectivity index (χ3n) is 5.03. The van der Waals surface area contributed by atoms with Gasteiger partial charge in [0, 0.05) is 25.2 Å². The van der Waals surface area contributed by atoms with Gasteiger partial charge in [0.25, 0.3) is 10.2 Å². The topological polar surface area (TPSA) is 108 Å². The summed E-state index contributed by atoms with van der Waals surface area (Å²) in [4.78, 5) is 7.25. The van der Waals surface area contributed by atoms with E-state index in [0.29, 0.717) is 23.5 Å². The number of hydrogen-bond donors (Lipinski definition) is 2. The van der Waals surface area contributed by atoms with Crippen molar-refractivity contribution in [3.63, 3.8) is 0 Å². The zero-order chi connectivity index (χ0) is 20.1. The van der Waals surface area contributed by atoms with Crippen LogP contribution < -0.4 is 4.72 Å². The second-order valence-electron chi connectivity index (χ2n) is 6.75. The second kappa shape index (κ2) is 6.67. The van der Waals surface area contributed by atoms with Gasteiger partial charge in [0.1, 0.15) is 12.4 Å². The van der Waals surface area contributed by atoms with Crippen molar-refractivity contribution in [3.8, 4) is 0 Å². The molecule has 0 saturated carbocycles. The maximum Gasteiger partial charge on any atom is 0.402 e. The van der Waals surface area contributed by atoms with Crippen molar-refractivity contribution in [2.45, 2.75) is 25.4 Å². The van der Waals surface area contributed by atoms with Gasteiger partial charge in [-0.1, -0.05) is 13.3 Å². The van der Waals surface area contributed by atoms with E-state index in [2.05, 4.69) is 20.2 Å². The lowest BCUT2D eigenvalue weighted by Gasteiger charge is -2.17. The van der Waals surface area contributed by atoms with Gasteiger partial charge in [-0.15, -0.1) is 10.2 Å². The zero-order valence-electron chi connectivity index (χ0n) is 14.8. The molecule has 0 spiro atoms. The van der Waals surface area contributed by atoms with Crippen LogP contribution in [0, 0.1) is 5.92 Å². The lowest BCUT2D eigenvalue weighted by Crippen LogP contribution is -2.43. The lowest BCUT2D eigenvalue weighted by molar-refractivity contribution is -0.121. The second-order valence-corrected chi connectivity index (χ2v) is 8.51. The maximum absolute atomic E-state index is 12.4. The minimum absolute atomic E-state index is 0.0285. The molecule has 1 fully saturated rings. The first-order valence-electron chi connectivity index (χ1n) is 8.68. The van der Waals surface area contributed by atoms with Gasteiger partial charge in [-0.05, 0) is 12.0 Å². The molecule has 0 aromatic carbocycles. The van der Waals surface area contributed by atoms with Crippen LogP contribution in [-0.4, -0.2) is 63.1 Å². The van der Waals surface area contributed by atoms with E-state index in [1.165, 1.54) is 0 Å². The van der Waals surface area contributed by atoms with Crippen molar-refractivity contribution < 1.29 is 21.6 Å². The minimum Gasteiger partial charge on any atom is -0.345 e. The van der Waals surface area contributed by atoms with E-state index >= 15 is 0 Å². The predicted molar refractivity (Wildman–Crippen MR) is 93.7 cm³/mol. The molecule has 0 amide bonds. The number of halogens is 3. The van der Waals surface area contributed by atoms with Crippen LogP contribution in [0.5, 0.6) is 0 Å². The Balaban J connectivity index is 1.67. The number of fused-ring (bicyclic) bond motifs is 3. The molecule has 3 aromatic heterocycles. The molecule has 1 aliphatic rings. The number of rotatable bonds is 5. The van der Waals surface area contributed by atoms with Gasteiger partial charge in [0.15, 0.2) is 11.3 Å². The van der Waals surface area contributed by atoms with Crippen molar-refractivity contribution in [1.29, 1.82) is 0 Å². The first-order chi connectivity index (χ1) is 13.2. The standard InChI is InChI=1S/C15H18F3N7O2S/c1-2-9-6-24(28(26,27)21-8-15(16,17)18)7-10(9)14-23-22-12-5-20-13-11(25(12)14)3-4-19-13/h3-5,9-10,19,21H,2,6-8H2,1H3/t9-,10+/m0/s1. The van der Waals surface area contributed by atoms with Crippen LogP contribution in [0.15, 0.2) is 18.5 Å². The molecule has 0 radical (unpaired) electrons. The first kappa shape index (κ1) is 19.1. The molecule has 0 unspecified atom stereocenters. The average Bonchev–Trinajstić information content (AvgIpc) is 3.34. The first-order valence-corrected chi connectivity index (χ1v) is 10.1. The van der Waals surface area contributed by atoms with Gasteiger partial charge in [-0.25, -0.2) is 4.98 Å².